The first-order chi connectivity index (χ1) is 33.6. The van der Waals surface area contributed by atoms with Gasteiger partial charge in [-0.2, -0.15) is 0 Å². The van der Waals surface area contributed by atoms with Crippen LogP contribution in [0, 0.1) is 0 Å². The monoisotopic (exact) mass is 878 g/mol. The quantitative estimate of drug-likeness (QED) is 0.101. The molecule has 0 saturated heterocycles. The number of nitrogens with zero attached hydrogens (tertiary/aromatic N) is 2. The minimum Gasteiger partial charge on any atom is -0.315 e. The molecule has 9 rings (SSSR count). The summed E-state index contributed by atoms with van der Waals surface area (Å²) < 4.78 is 0. The van der Waals surface area contributed by atoms with Gasteiger partial charge in [0.15, 0.2) is 0 Å². The zero-order chi connectivity index (χ0) is 46.3. The van der Waals surface area contributed by atoms with Crippen molar-refractivity contribution in [1.29, 1.82) is 0 Å². The van der Waals surface area contributed by atoms with Gasteiger partial charge in [0, 0.05) is 34.1 Å². The minimum absolute atomic E-state index is 0.864. The highest BCUT2D eigenvalue weighted by Crippen LogP contribution is 2.37. The Bertz CT molecular complexity index is 3050. The number of anilines is 4. The van der Waals surface area contributed by atoms with E-state index in [0.29, 0.717) is 0 Å². The Balaban J connectivity index is 1.01. The Morgan fingerprint density at radius 2 is 0.985 bits per heavy atom. The predicted octanol–water partition coefficient (Wildman–Crippen LogP) is 18.4. The molecule has 0 N–H and O–H groups in total. The lowest BCUT2D eigenvalue weighted by Gasteiger charge is -2.27. The van der Waals surface area contributed by atoms with Crippen LogP contribution < -0.4 is 9.80 Å². The molecule has 0 unspecified atom stereocenters. The van der Waals surface area contributed by atoms with Crippen molar-refractivity contribution in [3.63, 3.8) is 0 Å². The van der Waals surface area contributed by atoms with Gasteiger partial charge in [-0.25, -0.2) is 0 Å². The fourth-order valence-electron chi connectivity index (χ4n) is 8.97. The Labute approximate surface area is 404 Å². The van der Waals surface area contributed by atoms with Gasteiger partial charge in [0.25, 0.3) is 0 Å². The Kier molecular flexibility index (Phi) is 14.8. The second-order valence-corrected chi connectivity index (χ2v) is 17.2. The van der Waals surface area contributed by atoms with Crippen molar-refractivity contribution in [3.05, 3.63) is 301 Å². The molecule has 2 heteroatoms. The lowest BCUT2D eigenvalue weighted by molar-refractivity contribution is 1.07. The van der Waals surface area contributed by atoms with Crippen molar-refractivity contribution in [3.8, 4) is 33.4 Å². The zero-order valence-corrected chi connectivity index (χ0v) is 39.1. The van der Waals surface area contributed by atoms with Gasteiger partial charge < -0.3 is 9.80 Å². The largest absolute Gasteiger partial charge is 0.315 e. The van der Waals surface area contributed by atoms with E-state index in [9.17, 15) is 0 Å². The third kappa shape index (κ3) is 11.2. The van der Waals surface area contributed by atoms with E-state index in [2.05, 4.69) is 291 Å². The summed E-state index contributed by atoms with van der Waals surface area (Å²) in [5.74, 6) is 0. The number of hydrogen-bond donors (Lipinski definition) is 0. The number of hydrogen-bond acceptors (Lipinski definition) is 2. The molecular formula is C66H58N2. The molecule has 3 aliphatic carbocycles. The van der Waals surface area contributed by atoms with Gasteiger partial charge in [-0.05, 0) is 150 Å². The van der Waals surface area contributed by atoms with Crippen LogP contribution in [-0.4, -0.2) is 0 Å². The van der Waals surface area contributed by atoms with Crippen molar-refractivity contribution >= 4 is 22.7 Å². The summed E-state index contributed by atoms with van der Waals surface area (Å²) in [6, 6.07) is 57.1. The topological polar surface area (TPSA) is 6.48 Å². The molecular weight excluding hydrogens is 821 g/mol. The summed E-state index contributed by atoms with van der Waals surface area (Å²) in [4.78, 5) is 4.74. The molecule has 0 atom stereocenters. The predicted molar refractivity (Wildman–Crippen MR) is 293 cm³/mol. The maximum absolute atomic E-state index is 2.39. The van der Waals surface area contributed by atoms with Gasteiger partial charge >= 0.3 is 0 Å². The average Bonchev–Trinajstić information content (AvgIpc) is 3.93. The maximum atomic E-state index is 2.39. The van der Waals surface area contributed by atoms with Crippen LogP contribution in [0.5, 0.6) is 0 Å². The summed E-state index contributed by atoms with van der Waals surface area (Å²) >= 11 is 0. The van der Waals surface area contributed by atoms with Gasteiger partial charge in [-0.3, -0.25) is 0 Å². The van der Waals surface area contributed by atoms with Crippen LogP contribution in [-0.2, 0) is 0 Å². The summed E-state index contributed by atoms with van der Waals surface area (Å²) in [6.07, 6.45) is 43.5. The number of rotatable bonds is 14. The Morgan fingerprint density at radius 3 is 1.53 bits per heavy atom. The fraction of sp³-hybridized carbons (Fsp3) is 0.0909. The van der Waals surface area contributed by atoms with Crippen molar-refractivity contribution in [2.45, 2.75) is 39.5 Å². The van der Waals surface area contributed by atoms with Gasteiger partial charge in [0.1, 0.15) is 0 Å². The lowest BCUT2D eigenvalue weighted by atomic mass is 10.0. The molecule has 0 aliphatic heterocycles. The summed E-state index contributed by atoms with van der Waals surface area (Å²) in [5, 5.41) is 0. The summed E-state index contributed by atoms with van der Waals surface area (Å²) in [7, 11) is 0. The van der Waals surface area contributed by atoms with Crippen LogP contribution in [0.2, 0.25) is 0 Å². The summed E-state index contributed by atoms with van der Waals surface area (Å²) in [6.45, 7) is 4.28. The molecule has 68 heavy (non-hydrogen) atoms. The standard InChI is InChI=1S/C66H58N2/c1-3-19-54(55-23-12-6-7-13-24-55)32-30-51(2)67(63-42-33-58(34-43-63)56-25-14-8-15-26-56)64-44-35-60(36-45-64)61-39-48-66(49-40-61)68(65-46-37-59(38-47-65)57-27-16-9-17-28-57)62-29-18-22-53(31-41-62)50-52-20-10-4-5-11-21-52/h3-17,19-20,22-23,25-49H,18,21,24,50H2,1-2H3/b19-3-,51-30+,54-32+. The van der Waals surface area contributed by atoms with Gasteiger partial charge in [0.05, 0.1) is 0 Å². The second-order valence-electron chi connectivity index (χ2n) is 17.2. The van der Waals surface area contributed by atoms with Crippen LogP contribution in [0.3, 0.4) is 0 Å². The van der Waals surface area contributed by atoms with E-state index in [4.69, 9.17) is 0 Å². The number of benzene rings is 6. The molecule has 2 nitrogen and oxygen atoms in total. The van der Waals surface area contributed by atoms with Crippen LogP contribution in [0.4, 0.5) is 22.7 Å². The first-order valence-corrected chi connectivity index (χ1v) is 23.8. The highest BCUT2D eigenvalue weighted by atomic mass is 15.1. The zero-order valence-electron chi connectivity index (χ0n) is 39.1. The van der Waals surface area contributed by atoms with Crippen molar-refractivity contribution < 1.29 is 0 Å². The maximum Gasteiger partial charge on any atom is 0.0461 e. The molecule has 0 radical (unpaired) electrons. The molecule has 0 bridgehead atoms. The SMILES string of the molecule is C\C=C/C(=C\C=C(/C)N(c1ccc(-c2ccccc2)cc1)c1ccc(-c2ccc(N(C3=CCC=C(CC4=CC=CC=CC4)C=C3)c3ccc(-c4ccccc4)cc3)cc2)cc1)C1=CC=CC=CC1. The van der Waals surface area contributed by atoms with Crippen LogP contribution in [0.25, 0.3) is 33.4 Å². The van der Waals surface area contributed by atoms with Gasteiger partial charge in [-0.15, -0.1) is 0 Å². The normalized spacial score (nSPS) is 15.0. The van der Waals surface area contributed by atoms with E-state index >= 15 is 0 Å². The van der Waals surface area contributed by atoms with Gasteiger partial charge in [-0.1, -0.05) is 212 Å². The summed E-state index contributed by atoms with van der Waals surface area (Å²) in [5.41, 5.74) is 19.1. The third-order valence-electron chi connectivity index (χ3n) is 12.6. The third-order valence-corrected chi connectivity index (χ3v) is 12.6. The van der Waals surface area contributed by atoms with Crippen LogP contribution in [0.15, 0.2) is 301 Å². The first-order valence-electron chi connectivity index (χ1n) is 23.8. The highest BCUT2D eigenvalue weighted by Gasteiger charge is 2.17. The van der Waals surface area contributed by atoms with E-state index in [1.807, 2.05) is 0 Å². The van der Waals surface area contributed by atoms with Gasteiger partial charge in [0.2, 0.25) is 0 Å². The van der Waals surface area contributed by atoms with E-state index in [1.54, 1.807) is 0 Å². The molecule has 0 aromatic heterocycles. The van der Waals surface area contributed by atoms with Crippen LogP contribution >= 0.6 is 0 Å². The molecule has 0 heterocycles. The van der Waals surface area contributed by atoms with E-state index in [0.717, 1.165) is 65.4 Å². The number of allylic oxidation sites excluding steroid dienone is 23. The van der Waals surface area contributed by atoms with E-state index in [1.165, 1.54) is 50.1 Å². The van der Waals surface area contributed by atoms with Crippen LogP contribution in [0.1, 0.15) is 39.5 Å². The lowest BCUT2D eigenvalue weighted by Crippen LogP contribution is -2.15. The smallest absolute Gasteiger partial charge is 0.0461 e. The molecule has 6 aromatic carbocycles. The molecule has 0 saturated carbocycles. The second kappa shape index (κ2) is 22.3. The molecule has 3 aliphatic rings. The average molecular weight is 879 g/mol. The van der Waals surface area contributed by atoms with Crippen molar-refractivity contribution in [2.24, 2.45) is 0 Å². The van der Waals surface area contributed by atoms with Crippen molar-refractivity contribution in [1.82, 2.24) is 0 Å². The van der Waals surface area contributed by atoms with E-state index < -0.39 is 0 Å². The minimum atomic E-state index is 0.864. The molecule has 0 spiro atoms. The first kappa shape index (κ1) is 45.0. The molecule has 6 aromatic rings. The van der Waals surface area contributed by atoms with E-state index in [-0.39, 0.29) is 0 Å². The Hall–Kier alpha value is -8.20. The Morgan fingerprint density at radius 1 is 0.485 bits per heavy atom. The molecule has 0 amide bonds. The molecule has 332 valence electrons. The molecule has 0 fully saturated rings. The fourth-order valence-corrected chi connectivity index (χ4v) is 8.97. The highest BCUT2D eigenvalue weighted by molar-refractivity contribution is 5.78. The van der Waals surface area contributed by atoms with Crippen molar-refractivity contribution in [2.75, 3.05) is 9.80 Å².